The topological polar surface area (TPSA) is 198 Å². The van der Waals surface area contributed by atoms with Crippen LogP contribution in [0.2, 0.25) is 0 Å². The van der Waals surface area contributed by atoms with Gasteiger partial charge in [0, 0.05) is 12.3 Å². The van der Waals surface area contributed by atoms with Gasteiger partial charge in [0.1, 0.15) is 18.2 Å². The molecule has 0 radical (unpaired) electrons. The molecule has 1 aromatic rings. The fourth-order valence-electron chi connectivity index (χ4n) is 4.31. The molecule has 0 spiro atoms. The van der Waals surface area contributed by atoms with Crippen LogP contribution < -0.4 is 11.2 Å². The number of rotatable bonds is 12. The molecule has 1 aliphatic rings. The highest BCUT2D eigenvalue weighted by Crippen LogP contribution is 2.34. The summed E-state index contributed by atoms with van der Waals surface area (Å²) in [5.41, 5.74) is -1.03. The number of aliphatic carboxylic acids is 1. The minimum atomic E-state index is -1.82. The van der Waals surface area contributed by atoms with E-state index in [9.17, 15) is 34.8 Å². The van der Waals surface area contributed by atoms with Gasteiger partial charge in [-0.05, 0) is 18.8 Å². The predicted octanol–water partition coefficient (Wildman–Crippen LogP) is 0.863. The molecular formula is C21H34N4O9. The second-order valence-corrected chi connectivity index (χ2v) is 8.41. The van der Waals surface area contributed by atoms with Crippen molar-refractivity contribution in [3.8, 4) is 0 Å². The third-order valence-corrected chi connectivity index (χ3v) is 6.06. The van der Waals surface area contributed by atoms with Crippen LogP contribution in [0.4, 0.5) is 4.79 Å². The van der Waals surface area contributed by atoms with Crippen LogP contribution in [0.3, 0.4) is 0 Å². The van der Waals surface area contributed by atoms with Crippen molar-refractivity contribution in [2.24, 2.45) is 11.1 Å². The molecule has 2 heterocycles. The Labute approximate surface area is 195 Å². The lowest BCUT2D eigenvalue weighted by molar-refractivity contribution is -0.158. The molecule has 13 nitrogen and oxygen atoms in total. The van der Waals surface area contributed by atoms with Crippen molar-refractivity contribution >= 4 is 12.1 Å². The van der Waals surface area contributed by atoms with Gasteiger partial charge in [0.2, 0.25) is 0 Å². The molecule has 0 bridgehead atoms. The normalized spacial score (nSPS) is 24.6. The Morgan fingerprint density at radius 2 is 1.79 bits per heavy atom. The van der Waals surface area contributed by atoms with Gasteiger partial charge < -0.3 is 30.4 Å². The quantitative estimate of drug-likeness (QED) is 0.141. The monoisotopic (exact) mass is 486 g/mol. The minimum absolute atomic E-state index is 0.171. The van der Waals surface area contributed by atoms with Crippen LogP contribution in [0.25, 0.3) is 0 Å². The molecule has 1 fully saturated rings. The largest absolute Gasteiger partial charge is 0.480 e. The molecule has 6 N–H and O–H groups in total. The summed E-state index contributed by atoms with van der Waals surface area (Å²) in [4.78, 5) is 39.6. The van der Waals surface area contributed by atoms with Gasteiger partial charge in [0.15, 0.2) is 17.9 Å². The molecule has 0 aromatic carbocycles. The van der Waals surface area contributed by atoms with Crippen molar-refractivity contribution in [2.45, 2.75) is 89.5 Å². The molecule has 1 saturated heterocycles. The van der Waals surface area contributed by atoms with E-state index in [2.05, 4.69) is 10.1 Å². The number of hydrogen-bond donors (Lipinski definition) is 6. The molecular weight excluding hydrogens is 452 g/mol. The van der Waals surface area contributed by atoms with Crippen molar-refractivity contribution in [1.82, 2.24) is 14.5 Å². The summed E-state index contributed by atoms with van der Waals surface area (Å²) in [6.45, 7) is 3.95. The van der Waals surface area contributed by atoms with E-state index in [0.29, 0.717) is 24.2 Å². The number of nitrogens with one attached hydrogen (secondary N) is 1. The van der Waals surface area contributed by atoms with Crippen molar-refractivity contribution in [3.05, 3.63) is 28.2 Å². The molecule has 1 aliphatic heterocycles. The molecule has 1 unspecified atom stereocenters. The maximum atomic E-state index is 12.3. The minimum Gasteiger partial charge on any atom is -0.480 e. The highest BCUT2D eigenvalue weighted by atomic mass is 16.6. The molecule has 34 heavy (non-hydrogen) atoms. The summed E-state index contributed by atoms with van der Waals surface area (Å²) in [6, 6.07) is -0.328. The molecule has 13 heteroatoms. The van der Waals surface area contributed by atoms with E-state index in [-0.39, 0.29) is 5.49 Å². The maximum Gasteiger partial charge on any atom is 0.410 e. The first kappa shape index (κ1) is 27.3. The average Bonchev–Trinajstić information content (AvgIpc) is 3.08. The van der Waals surface area contributed by atoms with Gasteiger partial charge in [-0.2, -0.15) is 0 Å². The van der Waals surface area contributed by atoms with Gasteiger partial charge in [-0.15, -0.1) is 0 Å². The number of carboxylic acid groups (broad SMARTS) is 2. The van der Waals surface area contributed by atoms with E-state index in [1.165, 1.54) is 6.07 Å². The SMILES string of the molecule is CCCCC[C@H](CCCC)C(C(=O)O)N(C(=O)O)[C@@H]1O[C@@H](n2cc/c(=N/O)[nH]c2=O)[C@H](O)[C@@H]1O. The Hall–Kier alpha value is -2.90. The first-order valence-corrected chi connectivity index (χ1v) is 11.4. The number of nitrogens with zero attached hydrogens (tertiary/aromatic N) is 3. The fourth-order valence-corrected chi connectivity index (χ4v) is 4.31. The smallest absolute Gasteiger partial charge is 0.410 e. The number of aromatic amines is 1. The van der Waals surface area contributed by atoms with E-state index < -0.39 is 54.4 Å². The highest BCUT2D eigenvalue weighted by Gasteiger charge is 2.52. The molecule has 6 atom stereocenters. The van der Waals surface area contributed by atoms with Crippen LogP contribution >= 0.6 is 0 Å². The van der Waals surface area contributed by atoms with Crippen molar-refractivity contribution in [3.63, 3.8) is 0 Å². The number of H-pyrrole nitrogens is 1. The van der Waals surface area contributed by atoms with Gasteiger partial charge in [0.05, 0.1) is 0 Å². The summed E-state index contributed by atoms with van der Waals surface area (Å²) in [5.74, 6) is -1.92. The van der Waals surface area contributed by atoms with Crippen LogP contribution in [0.15, 0.2) is 22.2 Å². The summed E-state index contributed by atoms with van der Waals surface area (Å²) >= 11 is 0. The zero-order chi connectivity index (χ0) is 25.4. The number of hydrogen-bond acceptors (Lipinski definition) is 8. The Morgan fingerprint density at radius 3 is 2.32 bits per heavy atom. The van der Waals surface area contributed by atoms with Crippen LogP contribution in [-0.2, 0) is 9.53 Å². The van der Waals surface area contributed by atoms with Gasteiger partial charge in [-0.3, -0.25) is 14.5 Å². The second-order valence-electron chi connectivity index (χ2n) is 8.41. The number of carbonyl (C=O) groups is 2. The van der Waals surface area contributed by atoms with E-state index >= 15 is 0 Å². The van der Waals surface area contributed by atoms with E-state index in [4.69, 9.17) is 9.94 Å². The van der Waals surface area contributed by atoms with Crippen molar-refractivity contribution in [2.75, 3.05) is 0 Å². The molecule has 0 saturated carbocycles. The number of ether oxygens (including phenoxy) is 1. The standard InChI is InChI=1S/C21H34N4O9/c1-3-5-7-9-12(8-6-4-2)14(19(28)29)25(21(31)32)18-16(27)15(26)17(34-18)24-11-10-13(23-33)22-20(24)30/h10-12,14-18,26-27,33H,3-9H2,1-2H3,(H,28,29)(H,31,32)(H,22,23,30)/t12-,14?,15+,16-,17+,18+/m0/s1. The Kier molecular flexibility index (Phi) is 10.1. The number of carboxylic acids is 1. The molecule has 192 valence electrons. The number of amides is 1. The van der Waals surface area contributed by atoms with Gasteiger partial charge in [-0.25, -0.2) is 14.4 Å². The van der Waals surface area contributed by atoms with Crippen molar-refractivity contribution in [1.29, 1.82) is 0 Å². The van der Waals surface area contributed by atoms with Crippen LogP contribution in [-0.4, -0.2) is 76.6 Å². The van der Waals surface area contributed by atoms with E-state index in [0.717, 1.165) is 36.4 Å². The first-order valence-electron chi connectivity index (χ1n) is 11.4. The molecule has 0 aliphatic carbocycles. The van der Waals surface area contributed by atoms with E-state index in [1.54, 1.807) is 0 Å². The van der Waals surface area contributed by atoms with Gasteiger partial charge in [-0.1, -0.05) is 51.1 Å². The Morgan fingerprint density at radius 1 is 1.15 bits per heavy atom. The Bertz CT molecular complexity index is 947. The zero-order valence-corrected chi connectivity index (χ0v) is 19.3. The summed E-state index contributed by atoms with van der Waals surface area (Å²) < 4.78 is 6.45. The lowest BCUT2D eigenvalue weighted by Crippen LogP contribution is -2.57. The summed E-state index contributed by atoms with van der Waals surface area (Å²) in [7, 11) is 0. The highest BCUT2D eigenvalue weighted by molar-refractivity contribution is 5.80. The lowest BCUT2D eigenvalue weighted by Gasteiger charge is -2.37. The first-order chi connectivity index (χ1) is 16.2. The summed E-state index contributed by atoms with van der Waals surface area (Å²) in [5, 5.41) is 52.8. The van der Waals surface area contributed by atoms with Crippen LogP contribution in [0.5, 0.6) is 0 Å². The number of aliphatic hydroxyl groups excluding tert-OH is 2. The van der Waals surface area contributed by atoms with Crippen LogP contribution in [0, 0.1) is 5.92 Å². The third kappa shape index (κ3) is 6.15. The predicted molar refractivity (Wildman–Crippen MR) is 117 cm³/mol. The zero-order valence-electron chi connectivity index (χ0n) is 19.3. The fraction of sp³-hybridized carbons (Fsp3) is 0.714. The molecule has 1 aromatic heterocycles. The number of aliphatic hydroxyl groups is 2. The third-order valence-electron chi connectivity index (χ3n) is 6.06. The van der Waals surface area contributed by atoms with Crippen molar-refractivity contribution < 1.29 is 40.0 Å². The number of aromatic nitrogens is 2. The number of unbranched alkanes of at least 4 members (excludes halogenated alkanes) is 3. The van der Waals surface area contributed by atoms with Gasteiger partial charge in [0.25, 0.3) is 0 Å². The summed E-state index contributed by atoms with van der Waals surface area (Å²) in [6.07, 6.45) is -2.38. The Balaban J connectivity index is 2.42. The average molecular weight is 487 g/mol. The molecule has 1 amide bonds. The van der Waals surface area contributed by atoms with Crippen LogP contribution in [0.1, 0.15) is 65.0 Å². The maximum absolute atomic E-state index is 12.3. The second kappa shape index (κ2) is 12.5. The lowest BCUT2D eigenvalue weighted by atomic mass is 9.87. The van der Waals surface area contributed by atoms with E-state index in [1.807, 2.05) is 13.8 Å². The van der Waals surface area contributed by atoms with Gasteiger partial charge >= 0.3 is 17.8 Å². The molecule has 2 rings (SSSR count).